The van der Waals surface area contributed by atoms with E-state index in [-0.39, 0.29) is 5.82 Å². The van der Waals surface area contributed by atoms with Gasteiger partial charge in [-0.05, 0) is 47.9 Å². The molecular weight excluding hydrogens is 269 g/mol. The van der Waals surface area contributed by atoms with Crippen molar-refractivity contribution in [3.8, 4) is 0 Å². The van der Waals surface area contributed by atoms with Crippen LogP contribution in [0, 0.1) is 17.7 Å². The number of fused-ring (bicyclic) bond motifs is 1. The molecule has 1 aromatic heterocycles. The topological polar surface area (TPSA) is 12.0 Å². The second kappa shape index (κ2) is 6.68. The third-order valence-electron chi connectivity index (χ3n) is 3.29. The fourth-order valence-corrected chi connectivity index (χ4v) is 3.65. The zero-order chi connectivity index (χ0) is 14.7. The molecule has 0 radical (unpaired) electrons. The first kappa shape index (κ1) is 15.5. The van der Waals surface area contributed by atoms with Gasteiger partial charge in [0.1, 0.15) is 5.82 Å². The molecule has 1 N–H and O–H groups in total. The summed E-state index contributed by atoms with van der Waals surface area (Å²) in [7, 11) is 0. The average molecular weight is 293 g/mol. The summed E-state index contributed by atoms with van der Waals surface area (Å²) in [5.74, 6) is 1.12. The highest BCUT2D eigenvalue weighted by atomic mass is 32.1. The first-order valence-electron chi connectivity index (χ1n) is 7.38. The molecule has 0 bridgehead atoms. The molecule has 3 heteroatoms. The minimum atomic E-state index is -0.142. The molecule has 2 rings (SSSR count). The van der Waals surface area contributed by atoms with Gasteiger partial charge in [0, 0.05) is 16.1 Å². The van der Waals surface area contributed by atoms with E-state index in [1.807, 2.05) is 6.07 Å². The summed E-state index contributed by atoms with van der Waals surface area (Å²) in [6.07, 6.45) is 1.06. The first-order chi connectivity index (χ1) is 9.47. The molecule has 1 nitrogen and oxygen atoms in total. The smallest absolute Gasteiger partial charge is 0.124 e. The first-order valence-corrected chi connectivity index (χ1v) is 8.19. The Morgan fingerprint density at radius 1 is 1.15 bits per heavy atom. The van der Waals surface area contributed by atoms with Crippen LogP contribution in [0.15, 0.2) is 18.2 Å². The van der Waals surface area contributed by atoms with Gasteiger partial charge >= 0.3 is 0 Å². The highest BCUT2D eigenvalue weighted by molar-refractivity contribution is 7.19. The van der Waals surface area contributed by atoms with Gasteiger partial charge < -0.3 is 5.32 Å². The SMILES string of the molecule is CC(C)CNCc1sc2cc(F)ccc2c1CC(C)C. The molecular formula is C17H24FNS. The molecule has 0 aliphatic rings. The Morgan fingerprint density at radius 3 is 2.55 bits per heavy atom. The van der Waals surface area contributed by atoms with Crippen LogP contribution in [0.1, 0.15) is 38.1 Å². The molecule has 0 unspecified atom stereocenters. The van der Waals surface area contributed by atoms with E-state index in [4.69, 9.17) is 0 Å². The molecule has 2 aromatic rings. The van der Waals surface area contributed by atoms with E-state index < -0.39 is 0 Å². The summed E-state index contributed by atoms with van der Waals surface area (Å²) in [5, 5.41) is 4.74. The lowest BCUT2D eigenvalue weighted by Crippen LogP contribution is -2.19. The lowest BCUT2D eigenvalue weighted by atomic mass is 10.00. The zero-order valence-corrected chi connectivity index (χ0v) is 13.6. The van der Waals surface area contributed by atoms with Gasteiger partial charge in [-0.25, -0.2) is 4.39 Å². The van der Waals surface area contributed by atoms with Gasteiger partial charge in [-0.15, -0.1) is 11.3 Å². The van der Waals surface area contributed by atoms with Gasteiger partial charge in [-0.2, -0.15) is 0 Å². The monoisotopic (exact) mass is 293 g/mol. The van der Waals surface area contributed by atoms with Crippen LogP contribution in [0.3, 0.4) is 0 Å². The number of benzene rings is 1. The molecule has 0 atom stereocenters. The maximum absolute atomic E-state index is 13.4. The Bertz CT molecular complexity index is 572. The van der Waals surface area contributed by atoms with Gasteiger partial charge in [0.25, 0.3) is 0 Å². The van der Waals surface area contributed by atoms with Gasteiger partial charge in [0.2, 0.25) is 0 Å². The highest BCUT2D eigenvalue weighted by Gasteiger charge is 2.13. The normalized spacial score (nSPS) is 11.9. The Hall–Kier alpha value is -0.930. The zero-order valence-electron chi connectivity index (χ0n) is 12.8. The van der Waals surface area contributed by atoms with Crippen LogP contribution >= 0.6 is 11.3 Å². The van der Waals surface area contributed by atoms with Crippen molar-refractivity contribution in [2.75, 3.05) is 6.54 Å². The van der Waals surface area contributed by atoms with E-state index in [2.05, 4.69) is 33.0 Å². The number of halogens is 1. The molecule has 1 heterocycles. The fourth-order valence-electron chi connectivity index (χ4n) is 2.42. The number of hydrogen-bond donors (Lipinski definition) is 1. The van der Waals surface area contributed by atoms with Crippen LogP contribution in [-0.4, -0.2) is 6.54 Å². The van der Waals surface area contributed by atoms with E-state index in [1.54, 1.807) is 23.5 Å². The van der Waals surface area contributed by atoms with Crippen molar-refractivity contribution in [2.24, 2.45) is 11.8 Å². The summed E-state index contributed by atoms with van der Waals surface area (Å²) < 4.78 is 14.5. The van der Waals surface area contributed by atoms with Crippen molar-refractivity contribution in [1.29, 1.82) is 0 Å². The lowest BCUT2D eigenvalue weighted by molar-refractivity contribution is 0.552. The predicted molar refractivity (Wildman–Crippen MR) is 86.9 cm³/mol. The summed E-state index contributed by atoms with van der Waals surface area (Å²) in [4.78, 5) is 1.36. The van der Waals surface area contributed by atoms with Gasteiger partial charge in [0.05, 0.1) is 0 Å². The van der Waals surface area contributed by atoms with Crippen LogP contribution in [0.2, 0.25) is 0 Å². The number of nitrogens with one attached hydrogen (secondary N) is 1. The van der Waals surface area contributed by atoms with E-state index in [9.17, 15) is 4.39 Å². The molecule has 0 saturated carbocycles. The summed E-state index contributed by atoms with van der Waals surface area (Å²) in [6.45, 7) is 10.8. The van der Waals surface area contributed by atoms with Crippen LogP contribution in [0.4, 0.5) is 4.39 Å². The minimum Gasteiger partial charge on any atom is -0.312 e. The van der Waals surface area contributed by atoms with E-state index in [0.717, 1.165) is 24.2 Å². The van der Waals surface area contributed by atoms with Gasteiger partial charge in [0.15, 0.2) is 0 Å². The minimum absolute atomic E-state index is 0.142. The molecule has 0 fully saturated rings. The third kappa shape index (κ3) is 3.80. The number of hydrogen-bond acceptors (Lipinski definition) is 2. The maximum Gasteiger partial charge on any atom is 0.124 e. The third-order valence-corrected chi connectivity index (χ3v) is 4.48. The van der Waals surface area contributed by atoms with Crippen molar-refractivity contribution < 1.29 is 4.39 Å². The Labute approximate surface area is 125 Å². The predicted octanol–water partition coefficient (Wildman–Crippen LogP) is 4.98. The molecule has 1 aromatic carbocycles. The fraction of sp³-hybridized carbons (Fsp3) is 0.529. The van der Waals surface area contributed by atoms with Crippen LogP contribution in [-0.2, 0) is 13.0 Å². The largest absolute Gasteiger partial charge is 0.312 e. The van der Waals surface area contributed by atoms with E-state index in [0.29, 0.717) is 11.8 Å². The number of rotatable bonds is 6. The lowest BCUT2D eigenvalue weighted by Gasteiger charge is -2.10. The molecule has 0 aliphatic carbocycles. The molecule has 20 heavy (non-hydrogen) atoms. The Morgan fingerprint density at radius 2 is 1.90 bits per heavy atom. The van der Waals surface area contributed by atoms with Crippen LogP contribution in [0.5, 0.6) is 0 Å². The van der Waals surface area contributed by atoms with Crippen molar-refractivity contribution in [3.05, 3.63) is 34.5 Å². The quantitative estimate of drug-likeness (QED) is 0.791. The second-order valence-electron chi connectivity index (χ2n) is 6.27. The Balaban J connectivity index is 2.30. The van der Waals surface area contributed by atoms with Crippen molar-refractivity contribution >= 4 is 21.4 Å². The molecule has 110 valence electrons. The van der Waals surface area contributed by atoms with Gasteiger partial charge in [-0.1, -0.05) is 33.8 Å². The molecule has 0 amide bonds. The average Bonchev–Trinajstić information content (AvgIpc) is 2.65. The van der Waals surface area contributed by atoms with Crippen molar-refractivity contribution in [1.82, 2.24) is 5.32 Å². The van der Waals surface area contributed by atoms with Crippen molar-refractivity contribution in [2.45, 2.75) is 40.7 Å². The van der Waals surface area contributed by atoms with Crippen LogP contribution in [0.25, 0.3) is 10.1 Å². The summed E-state index contributed by atoms with van der Waals surface area (Å²) in [6, 6.07) is 5.17. The van der Waals surface area contributed by atoms with Gasteiger partial charge in [-0.3, -0.25) is 0 Å². The van der Waals surface area contributed by atoms with Crippen LogP contribution < -0.4 is 5.32 Å². The Kier molecular flexibility index (Phi) is 5.17. The molecule has 0 saturated heterocycles. The summed E-state index contributed by atoms with van der Waals surface area (Å²) in [5.41, 5.74) is 1.40. The summed E-state index contributed by atoms with van der Waals surface area (Å²) >= 11 is 1.73. The standard InChI is InChI=1S/C17H24FNS/c1-11(2)7-15-14-6-5-13(18)8-16(14)20-17(15)10-19-9-12(3)4/h5-6,8,11-12,19H,7,9-10H2,1-4H3. The molecule has 0 spiro atoms. The molecule has 0 aliphatic heterocycles. The number of thiophene rings is 1. The van der Waals surface area contributed by atoms with Crippen molar-refractivity contribution in [3.63, 3.8) is 0 Å². The van der Waals surface area contributed by atoms with E-state index in [1.165, 1.54) is 15.8 Å². The van der Waals surface area contributed by atoms with E-state index >= 15 is 0 Å². The second-order valence-corrected chi connectivity index (χ2v) is 7.40. The highest BCUT2D eigenvalue weighted by Crippen LogP contribution is 2.33. The maximum atomic E-state index is 13.4.